The van der Waals surface area contributed by atoms with E-state index in [-0.39, 0.29) is 5.97 Å². The Bertz CT molecular complexity index is 580. The molecule has 1 saturated heterocycles. The molecule has 4 nitrogen and oxygen atoms in total. The Labute approximate surface area is 160 Å². The fraction of sp³-hybridized carbons (Fsp3) is 0.650. The molecule has 0 amide bonds. The van der Waals surface area contributed by atoms with Crippen LogP contribution in [0.15, 0.2) is 22.7 Å². The van der Waals surface area contributed by atoms with Gasteiger partial charge in [0.2, 0.25) is 0 Å². The standard InChI is InChI=1S/C20H30BrNO3/c1-15-17(21)8-5-9-18(15)25-14-6-7-16-10-12-22(13-11-16)20(2,3)19(23)24-4/h5,8-9,16H,6-7,10-14H2,1-4H3. The van der Waals surface area contributed by atoms with E-state index in [0.29, 0.717) is 0 Å². The number of rotatable bonds is 7. The van der Waals surface area contributed by atoms with Crippen LogP contribution in [-0.2, 0) is 9.53 Å². The summed E-state index contributed by atoms with van der Waals surface area (Å²) in [5.74, 6) is 1.53. The second kappa shape index (κ2) is 9.04. The van der Waals surface area contributed by atoms with Gasteiger partial charge < -0.3 is 9.47 Å². The summed E-state index contributed by atoms with van der Waals surface area (Å²) in [5, 5.41) is 0. The van der Waals surface area contributed by atoms with Crippen molar-refractivity contribution in [1.29, 1.82) is 0 Å². The Hall–Kier alpha value is -1.07. The van der Waals surface area contributed by atoms with Crippen LogP contribution < -0.4 is 4.74 Å². The molecular formula is C20H30BrNO3. The maximum atomic E-state index is 11.9. The largest absolute Gasteiger partial charge is 0.493 e. The van der Waals surface area contributed by atoms with Crippen molar-refractivity contribution >= 4 is 21.9 Å². The van der Waals surface area contributed by atoms with Crippen LogP contribution in [0.2, 0.25) is 0 Å². The molecule has 0 saturated carbocycles. The summed E-state index contributed by atoms with van der Waals surface area (Å²) in [5.41, 5.74) is 0.627. The number of halogens is 1. The molecule has 0 spiro atoms. The predicted molar refractivity (Wildman–Crippen MR) is 104 cm³/mol. The van der Waals surface area contributed by atoms with Crippen LogP contribution in [0, 0.1) is 12.8 Å². The third kappa shape index (κ3) is 5.20. The van der Waals surface area contributed by atoms with E-state index in [9.17, 15) is 4.79 Å². The smallest absolute Gasteiger partial charge is 0.325 e. The van der Waals surface area contributed by atoms with Gasteiger partial charge in [-0.05, 0) is 77.6 Å². The molecule has 1 aliphatic heterocycles. The molecule has 25 heavy (non-hydrogen) atoms. The van der Waals surface area contributed by atoms with Crippen molar-refractivity contribution in [1.82, 2.24) is 4.90 Å². The molecule has 2 rings (SSSR count). The third-order valence-corrected chi connectivity index (χ3v) is 6.18. The maximum Gasteiger partial charge on any atom is 0.325 e. The number of benzene rings is 1. The molecule has 0 bridgehead atoms. The van der Waals surface area contributed by atoms with Gasteiger partial charge in [0.15, 0.2) is 0 Å². The first kappa shape index (κ1) is 20.2. The third-order valence-electron chi connectivity index (χ3n) is 5.32. The number of hydrogen-bond donors (Lipinski definition) is 0. The minimum absolute atomic E-state index is 0.149. The highest BCUT2D eigenvalue weighted by Crippen LogP contribution is 2.28. The average Bonchev–Trinajstić information content (AvgIpc) is 2.61. The molecule has 0 aliphatic carbocycles. The van der Waals surface area contributed by atoms with Gasteiger partial charge in [0.1, 0.15) is 11.3 Å². The van der Waals surface area contributed by atoms with Gasteiger partial charge in [0.25, 0.3) is 0 Å². The van der Waals surface area contributed by atoms with Gasteiger partial charge >= 0.3 is 5.97 Å². The summed E-state index contributed by atoms with van der Waals surface area (Å²) < 4.78 is 12.0. The van der Waals surface area contributed by atoms with Crippen LogP contribution in [-0.4, -0.2) is 43.2 Å². The highest BCUT2D eigenvalue weighted by atomic mass is 79.9. The van der Waals surface area contributed by atoms with Crippen molar-refractivity contribution in [2.24, 2.45) is 5.92 Å². The Balaban J connectivity index is 1.71. The number of methoxy groups -OCH3 is 1. The van der Waals surface area contributed by atoms with Crippen LogP contribution >= 0.6 is 15.9 Å². The van der Waals surface area contributed by atoms with Gasteiger partial charge in [-0.3, -0.25) is 9.69 Å². The molecular weight excluding hydrogens is 382 g/mol. The molecule has 0 unspecified atom stereocenters. The SMILES string of the molecule is COC(=O)C(C)(C)N1CCC(CCCOc2cccc(Br)c2C)CC1. The van der Waals surface area contributed by atoms with Crippen molar-refractivity contribution in [2.75, 3.05) is 26.8 Å². The molecule has 1 aromatic rings. The van der Waals surface area contributed by atoms with Gasteiger partial charge in [-0.2, -0.15) is 0 Å². The van der Waals surface area contributed by atoms with Crippen molar-refractivity contribution in [3.8, 4) is 5.75 Å². The summed E-state index contributed by atoms with van der Waals surface area (Å²) in [6.07, 6.45) is 4.52. The zero-order valence-electron chi connectivity index (χ0n) is 15.8. The monoisotopic (exact) mass is 411 g/mol. The number of esters is 1. The average molecular weight is 412 g/mol. The van der Waals surface area contributed by atoms with Gasteiger partial charge in [-0.25, -0.2) is 0 Å². The molecule has 1 heterocycles. The molecule has 1 aromatic carbocycles. The van der Waals surface area contributed by atoms with E-state index in [0.717, 1.165) is 60.7 Å². The van der Waals surface area contributed by atoms with E-state index in [1.54, 1.807) is 0 Å². The van der Waals surface area contributed by atoms with E-state index >= 15 is 0 Å². The molecule has 0 atom stereocenters. The van der Waals surface area contributed by atoms with Gasteiger partial charge in [-0.15, -0.1) is 0 Å². The molecule has 5 heteroatoms. The summed E-state index contributed by atoms with van der Waals surface area (Å²) >= 11 is 3.54. The van der Waals surface area contributed by atoms with Gasteiger partial charge in [-0.1, -0.05) is 22.0 Å². The second-order valence-corrected chi connectivity index (χ2v) is 8.19. The first-order valence-electron chi connectivity index (χ1n) is 9.07. The number of carbonyl (C=O) groups excluding carboxylic acids is 1. The Kier molecular flexibility index (Phi) is 7.32. The molecule has 140 valence electrons. The number of ether oxygens (including phenoxy) is 2. The van der Waals surface area contributed by atoms with Crippen molar-refractivity contribution in [3.63, 3.8) is 0 Å². The molecule has 1 aliphatic rings. The van der Waals surface area contributed by atoms with E-state index in [4.69, 9.17) is 9.47 Å². The van der Waals surface area contributed by atoms with Crippen molar-refractivity contribution in [3.05, 3.63) is 28.2 Å². The summed E-state index contributed by atoms with van der Waals surface area (Å²) in [4.78, 5) is 14.2. The van der Waals surface area contributed by atoms with Crippen LogP contribution in [0.25, 0.3) is 0 Å². The normalized spacial score (nSPS) is 16.7. The number of likely N-dealkylation sites (tertiary alicyclic amines) is 1. The first-order valence-corrected chi connectivity index (χ1v) is 9.87. The summed E-state index contributed by atoms with van der Waals surface area (Å²) in [6, 6.07) is 6.06. The predicted octanol–water partition coefficient (Wildman–Crippen LogP) is 4.58. The molecule has 0 radical (unpaired) electrons. The number of piperidine rings is 1. The fourth-order valence-electron chi connectivity index (χ4n) is 3.46. The van der Waals surface area contributed by atoms with Crippen molar-refractivity contribution < 1.29 is 14.3 Å². The minimum Gasteiger partial charge on any atom is -0.493 e. The van der Waals surface area contributed by atoms with Crippen LogP contribution in [0.1, 0.15) is 45.1 Å². The van der Waals surface area contributed by atoms with E-state index in [2.05, 4.69) is 27.8 Å². The quantitative estimate of drug-likeness (QED) is 0.486. The molecule has 1 fully saturated rings. The minimum atomic E-state index is -0.527. The number of carbonyl (C=O) groups is 1. The number of hydrogen-bond acceptors (Lipinski definition) is 4. The van der Waals surface area contributed by atoms with E-state index in [1.165, 1.54) is 13.5 Å². The van der Waals surface area contributed by atoms with Crippen LogP contribution in [0.5, 0.6) is 5.75 Å². The summed E-state index contributed by atoms with van der Waals surface area (Å²) in [7, 11) is 1.46. The zero-order valence-corrected chi connectivity index (χ0v) is 17.4. The van der Waals surface area contributed by atoms with Gasteiger partial charge in [0.05, 0.1) is 13.7 Å². The zero-order chi connectivity index (χ0) is 18.4. The topological polar surface area (TPSA) is 38.8 Å². The second-order valence-electron chi connectivity index (χ2n) is 7.33. The maximum absolute atomic E-state index is 11.9. The Morgan fingerprint density at radius 3 is 2.64 bits per heavy atom. The number of nitrogens with zero attached hydrogens (tertiary/aromatic N) is 1. The van der Waals surface area contributed by atoms with E-state index < -0.39 is 5.54 Å². The lowest BCUT2D eigenvalue weighted by Gasteiger charge is -2.40. The van der Waals surface area contributed by atoms with Gasteiger partial charge in [0, 0.05) is 10.0 Å². The summed E-state index contributed by atoms with van der Waals surface area (Å²) in [6.45, 7) is 8.64. The Morgan fingerprint density at radius 1 is 1.32 bits per heavy atom. The van der Waals surface area contributed by atoms with Crippen LogP contribution in [0.3, 0.4) is 0 Å². The van der Waals surface area contributed by atoms with Crippen LogP contribution in [0.4, 0.5) is 0 Å². The molecule has 0 aromatic heterocycles. The van der Waals surface area contributed by atoms with E-state index in [1.807, 2.05) is 32.0 Å². The highest BCUT2D eigenvalue weighted by Gasteiger charge is 2.37. The fourth-order valence-corrected chi connectivity index (χ4v) is 3.81. The first-order chi connectivity index (χ1) is 11.9. The lowest BCUT2D eigenvalue weighted by molar-refractivity contribution is -0.154. The van der Waals surface area contributed by atoms with Crippen molar-refractivity contribution in [2.45, 2.75) is 52.0 Å². The highest BCUT2D eigenvalue weighted by molar-refractivity contribution is 9.10. The Morgan fingerprint density at radius 2 is 2.00 bits per heavy atom. The molecule has 0 N–H and O–H groups in total. The lowest BCUT2D eigenvalue weighted by Crippen LogP contribution is -2.53. The lowest BCUT2D eigenvalue weighted by atomic mass is 9.89.